The number of rotatable bonds is 3. The van der Waals surface area contributed by atoms with E-state index in [4.69, 9.17) is 11.6 Å². The fourth-order valence-corrected chi connectivity index (χ4v) is 3.34. The highest BCUT2D eigenvalue weighted by Gasteiger charge is 2.13. The monoisotopic (exact) mass is 363 g/mol. The van der Waals surface area contributed by atoms with Crippen LogP contribution in [0, 0.1) is 20.8 Å². The van der Waals surface area contributed by atoms with E-state index in [1.807, 2.05) is 24.3 Å². The SMILES string of the molecule is Cc1cc(C)c(Nc2ncnc3c2cnn3-c2ccc(Cl)cc2)c(C)c1. The van der Waals surface area contributed by atoms with E-state index in [9.17, 15) is 0 Å². The topological polar surface area (TPSA) is 55.6 Å². The van der Waals surface area contributed by atoms with Crippen LogP contribution in [-0.2, 0) is 0 Å². The van der Waals surface area contributed by atoms with Crippen LogP contribution in [-0.4, -0.2) is 19.7 Å². The Morgan fingerprint density at radius 3 is 2.35 bits per heavy atom. The molecule has 0 saturated carbocycles. The van der Waals surface area contributed by atoms with Crippen LogP contribution < -0.4 is 5.32 Å². The van der Waals surface area contributed by atoms with Crippen LogP contribution in [0.4, 0.5) is 11.5 Å². The van der Waals surface area contributed by atoms with Gasteiger partial charge < -0.3 is 5.32 Å². The number of nitrogens with one attached hydrogen (secondary N) is 1. The summed E-state index contributed by atoms with van der Waals surface area (Å²) >= 11 is 5.98. The number of aryl methyl sites for hydroxylation is 3. The fourth-order valence-electron chi connectivity index (χ4n) is 3.21. The van der Waals surface area contributed by atoms with Crippen molar-refractivity contribution in [2.45, 2.75) is 20.8 Å². The van der Waals surface area contributed by atoms with Gasteiger partial charge in [0.1, 0.15) is 12.1 Å². The number of aromatic nitrogens is 4. The van der Waals surface area contributed by atoms with E-state index < -0.39 is 0 Å². The molecule has 26 heavy (non-hydrogen) atoms. The number of halogens is 1. The van der Waals surface area contributed by atoms with Crippen LogP contribution in [0.5, 0.6) is 0 Å². The van der Waals surface area contributed by atoms with Gasteiger partial charge in [0, 0.05) is 10.7 Å². The molecule has 0 aliphatic carbocycles. The molecule has 130 valence electrons. The van der Waals surface area contributed by atoms with Crippen molar-refractivity contribution in [1.29, 1.82) is 0 Å². The zero-order valence-corrected chi connectivity index (χ0v) is 15.5. The average molecular weight is 364 g/mol. The second kappa shape index (κ2) is 6.42. The number of fused-ring (bicyclic) bond motifs is 1. The molecule has 0 spiro atoms. The van der Waals surface area contributed by atoms with Gasteiger partial charge in [-0.1, -0.05) is 29.3 Å². The van der Waals surface area contributed by atoms with E-state index in [-0.39, 0.29) is 0 Å². The molecule has 6 heteroatoms. The van der Waals surface area contributed by atoms with E-state index in [1.54, 1.807) is 17.2 Å². The van der Waals surface area contributed by atoms with Gasteiger partial charge in [0.05, 0.1) is 17.3 Å². The highest BCUT2D eigenvalue weighted by molar-refractivity contribution is 6.30. The van der Waals surface area contributed by atoms with E-state index in [0.717, 1.165) is 28.2 Å². The molecule has 2 aromatic heterocycles. The van der Waals surface area contributed by atoms with Gasteiger partial charge in [-0.2, -0.15) is 5.10 Å². The molecule has 0 unspecified atom stereocenters. The predicted molar refractivity (Wildman–Crippen MR) is 106 cm³/mol. The molecule has 0 bridgehead atoms. The number of anilines is 2. The van der Waals surface area contributed by atoms with Crippen molar-refractivity contribution >= 4 is 34.1 Å². The molecule has 0 aliphatic heterocycles. The van der Waals surface area contributed by atoms with Crippen LogP contribution in [0.2, 0.25) is 5.02 Å². The molecular weight excluding hydrogens is 346 g/mol. The first-order valence-electron chi connectivity index (χ1n) is 8.32. The predicted octanol–water partition coefficient (Wildman–Crippen LogP) is 5.14. The molecule has 0 fully saturated rings. The lowest BCUT2D eigenvalue weighted by Gasteiger charge is -2.13. The van der Waals surface area contributed by atoms with E-state index >= 15 is 0 Å². The smallest absolute Gasteiger partial charge is 0.168 e. The second-order valence-corrected chi connectivity index (χ2v) is 6.83. The number of hydrogen-bond donors (Lipinski definition) is 1. The molecule has 0 atom stereocenters. The van der Waals surface area contributed by atoms with E-state index in [2.05, 4.69) is 53.3 Å². The van der Waals surface area contributed by atoms with Crippen LogP contribution in [0.15, 0.2) is 48.9 Å². The number of benzene rings is 2. The summed E-state index contributed by atoms with van der Waals surface area (Å²) in [6.45, 7) is 6.29. The van der Waals surface area contributed by atoms with Crippen LogP contribution in [0.3, 0.4) is 0 Å². The number of hydrogen-bond acceptors (Lipinski definition) is 4. The van der Waals surface area contributed by atoms with Gasteiger partial charge >= 0.3 is 0 Å². The summed E-state index contributed by atoms with van der Waals surface area (Å²) in [6, 6.07) is 11.8. The minimum absolute atomic E-state index is 0.688. The molecule has 2 aromatic carbocycles. The summed E-state index contributed by atoms with van der Waals surface area (Å²) in [5.74, 6) is 0.741. The summed E-state index contributed by atoms with van der Waals surface area (Å²) in [6.07, 6.45) is 3.34. The van der Waals surface area contributed by atoms with Gasteiger partial charge in [0.25, 0.3) is 0 Å². The van der Waals surface area contributed by atoms with Crippen LogP contribution >= 0.6 is 11.6 Å². The zero-order valence-electron chi connectivity index (χ0n) is 14.8. The van der Waals surface area contributed by atoms with Crippen molar-refractivity contribution in [3.63, 3.8) is 0 Å². The highest BCUT2D eigenvalue weighted by atomic mass is 35.5. The Morgan fingerprint density at radius 1 is 0.962 bits per heavy atom. The lowest BCUT2D eigenvalue weighted by molar-refractivity contribution is 0.895. The minimum atomic E-state index is 0.688. The first-order chi connectivity index (χ1) is 12.5. The first-order valence-corrected chi connectivity index (χ1v) is 8.70. The summed E-state index contributed by atoms with van der Waals surface area (Å²) in [5.41, 5.74) is 6.31. The molecule has 0 amide bonds. The third-order valence-electron chi connectivity index (χ3n) is 4.36. The maximum absolute atomic E-state index is 5.98. The summed E-state index contributed by atoms with van der Waals surface area (Å²) in [4.78, 5) is 8.85. The third-order valence-corrected chi connectivity index (χ3v) is 4.61. The Morgan fingerprint density at radius 2 is 1.65 bits per heavy atom. The van der Waals surface area contributed by atoms with Crippen molar-refractivity contribution in [2.24, 2.45) is 0 Å². The molecule has 0 saturated heterocycles. The summed E-state index contributed by atoms with van der Waals surface area (Å²) < 4.78 is 1.79. The maximum atomic E-state index is 5.98. The lowest BCUT2D eigenvalue weighted by atomic mass is 10.1. The Kier molecular flexibility index (Phi) is 4.09. The van der Waals surface area contributed by atoms with Gasteiger partial charge in [-0.15, -0.1) is 0 Å². The molecule has 1 N–H and O–H groups in total. The first kappa shape index (κ1) is 16.5. The summed E-state index contributed by atoms with van der Waals surface area (Å²) in [7, 11) is 0. The lowest BCUT2D eigenvalue weighted by Crippen LogP contribution is -2.01. The van der Waals surface area contributed by atoms with E-state index in [0.29, 0.717) is 5.02 Å². The Labute approximate surface area is 156 Å². The van der Waals surface area contributed by atoms with Crippen LogP contribution in [0.1, 0.15) is 16.7 Å². The molecule has 5 nitrogen and oxygen atoms in total. The molecule has 4 aromatic rings. The van der Waals surface area contributed by atoms with Gasteiger partial charge in [-0.25, -0.2) is 14.6 Å². The Hall–Kier alpha value is -2.92. The van der Waals surface area contributed by atoms with Crippen molar-refractivity contribution in [3.05, 3.63) is 70.6 Å². The standard InChI is InChI=1S/C20H18ClN5/c1-12-8-13(2)18(14(3)9-12)25-19-17-10-24-26(20(17)23-11-22-19)16-6-4-15(21)5-7-16/h4-11H,1-3H3,(H,22,23,25). The van der Waals surface area contributed by atoms with Crippen molar-refractivity contribution in [3.8, 4) is 5.69 Å². The molecule has 4 rings (SSSR count). The largest absolute Gasteiger partial charge is 0.339 e. The Bertz CT molecular complexity index is 1080. The zero-order chi connectivity index (χ0) is 18.3. The summed E-state index contributed by atoms with van der Waals surface area (Å²) in [5, 5.41) is 9.50. The van der Waals surface area contributed by atoms with Gasteiger partial charge in [0.2, 0.25) is 0 Å². The van der Waals surface area contributed by atoms with Crippen molar-refractivity contribution < 1.29 is 0 Å². The van der Waals surface area contributed by atoms with Crippen LogP contribution in [0.25, 0.3) is 16.7 Å². The van der Waals surface area contributed by atoms with E-state index in [1.165, 1.54) is 16.7 Å². The van der Waals surface area contributed by atoms with Crippen molar-refractivity contribution in [2.75, 3.05) is 5.32 Å². The van der Waals surface area contributed by atoms with Gasteiger partial charge in [0.15, 0.2) is 5.65 Å². The molecule has 0 radical (unpaired) electrons. The average Bonchev–Trinajstić information content (AvgIpc) is 3.03. The highest BCUT2D eigenvalue weighted by Crippen LogP contribution is 2.29. The molecular formula is C20H18ClN5. The van der Waals surface area contributed by atoms with Gasteiger partial charge in [-0.05, 0) is 56.2 Å². The second-order valence-electron chi connectivity index (χ2n) is 6.39. The quantitative estimate of drug-likeness (QED) is 0.547. The van der Waals surface area contributed by atoms with Gasteiger partial charge in [-0.3, -0.25) is 0 Å². The normalized spacial score (nSPS) is 11.1. The molecule has 2 heterocycles. The Balaban J connectivity index is 1.80. The maximum Gasteiger partial charge on any atom is 0.168 e. The molecule has 0 aliphatic rings. The fraction of sp³-hybridized carbons (Fsp3) is 0.150. The number of nitrogens with zero attached hydrogens (tertiary/aromatic N) is 4. The van der Waals surface area contributed by atoms with Crippen molar-refractivity contribution in [1.82, 2.24) is 19.7 Å². The third kappa shape index (κ3) is 2.91. The minimum Gasteiger partial charge on any atom is -0.339 e.